The standard InChI is InChI=1S/C14H11FN2O2/c15-12-6-4-10(5-7-12)9-16-17-14(19)11-2-1-3-13(18)8-11/h1-9,18H,(H,17,19)/b16-9-. The molecular formula is C14H11FN2O2. The number of benzene rings is 2. The summed E-state index contributed by atoms with van der Waals surface area (Å²) < 4.78 is 12.7. The second-order valence-electron chi connectivity index (χ2n) is 3.80. The number of nitrogens with one attached hydrogen (secondary N) is 1. The van der Waals surface area contributed by atoms with Crippen LogP contribution < -0.4 is 5.43 Å². The van der Waals surface area contributed by atoms with E-state index >= 15 is 0 Å². The molecule has 0 aromatic heterocycles. The lowest BCUT2D eigenvalue weighted by Gasteiger charge is -2.00. The normalized spacial score (nSPS) is 10.6. The minimum atomic E-state index is -0.436. The van der Waals surface area contributed by atoms with Gasteiger partial charge in [0.05, 0.1) is 6.21 Å². The lowest BCUT2D eigenvalue weighted by molar-refractivity contribution is 0.0954. The minimum Gasteiger partial charge on any atom is -0.508 e. The average Bonchev–Trinajstić information content (AvgIpc) is 2.41. The van der Waals surface area contributed by atoms with E-state index in [-0.39, 0.29) is 11.6 Å². The van der Waals surface area contributed by atoms with Gasteiger partial charge in [-0.3, -0.25) is 4.79 Å². The van der Waals surface area contributed by atoms with E-state index in [1.165, 1.54) is 30.5 Å². The molecular weight excluding hydrogens is 247 g/mol. The van der Waals surface area contributed by atoms with Crippen LogP contribution in [0.2, 0.25) is 0 Å². The molecule has 2 rings (SSSR count). The number of phenols is 1. The van der Waals surface area contributed by atoms with Gasteiger partial charge in [-0.15, -0.1) is 0 Å². The molecule has 0 atom stereocenters. The van der Waals surface area contributed by atoms with Crippen LogP contribution in [0.5, 0.6) is 5.75 Å². The van der Waals surface area contributed by atoms with Gasteiger partial charge in [-0.2, -0.15) is 5.10 Å². The van der Waals surface area contributed by atoms with Crippen molar-refractivity contribution in [3.8, 4) is 5.75 Å². The topological polar surface area (TPSA) is 61.7 Å². The lowest BCUT2D eigenvalue weighted by Crippen LogP contribution is -2.17. The van der Waals surface area contributed by atoms with Crippen molar-refractivity contribution < 1.29 is 14.3 Å². The SMILES string of the molecule is O=C(N/N=C\c1ccc(F)cc1)c1cccc(O)c1. The van der Waals surface area contributed by atoms with Crippen LogP contribution in [0.1, 0.15) is 15.9 Å². The Kier molecular flexibility index (Phi) is 3.87. The van der Waals surface area contributed by atoms with Crippen LogP contribution in [-0.4, -0.2) is 17.2 Å². The van der Waals surface area contributed by atoms with Crippen LogP contribution in [0.3, 0.4) is 0 Å². The van der Waals surface area contributed by atoms with E-state index in [0.717, 1.165) is 0 Å². The zero-order valence-electron chi connectivity index (χ0n) is 9.88. The highest BCUT2D eigenvalue weighted by Crippen LogP contribution is 2.10. The summed E-state index contributed by atoms with van der Waals surface area (Å²) in [5, 5.41) is 13.0. The molecule has 2 aromatic carbocycles. The number of hydrogen-bond acceptors (Lipinski definition) is 3. The Hall–Kier alpha value is -2.69. The minimum absolute atomic E-state index is 0.00941. The summed E-state index contributed by atoms with van der Waals surface area (Å²) in [6, 6.07) is 11.6. The van der Waals surface area contributed by atoms with Crippen molar-refractivity contribution in [3.63, 3.8) is 0 Å². The van der Waals surface area contributed by atoms with E-state index in [0.29, 0.717) is 11.1 Å². The second kappa shape index (κ2) is 5.77. The van der Waals surface area contributed by atoms with Gasteiger partial charge in [0.1, 0.15) is 11.6 Å². The fraction of sp³-hybridized carbons (Fsp3) is 0. The molecule has 0 saturated carbocycles. The summed E-state index contributed by atoms with van der Waals surface area (Å²) in [4.78, 5) is 11.6. The largest absolute Gasteiger partial charge is 0.508 e. The number of amides is 1. The van der Waals surface area contributed by atoms with E-state index in [4.69, 9.17) is 0 Å². The third kappa shape index (κ3) is 3.64. The third-order valence-electron chi connectivity index (χ3n) is 2.36. The van der Waals surface area contributed by atoms with E-state index in [9.17, 15) is 14.3 Å². The molecule has 5 heteroatoms. The average molecular weight is 258 g/mol. The Balaban J connectivity index is 1.98. The van der Waals surface area contributed by atoms with Crippen molar-refractivity contribution in [2.75, 3.05) is 0 Å². The van der Waals surface area contributed by atoms with Crippen LogP contribution >= 0.6 is 0 Å². The Labute approximate surface area is 109 Å². The quantitative estimate of drug-likeness (QED) is 0.655. The van der Waals surface area contributed by atoms with Crippen molar-refractivity contribution in [1.29, 1.82) is 0 Å². The van der Waals surface area contributed by atoms with Crippen molar-refractivity contribution in [2.45, 2.75) is 0 Å². The highest BCUT2D eigenvalue weighted by Gasteiger charge is 2.03. The molecule has 0 spiro atoms. The summed E-state index contributed by atoms with van der Waals surface area (Å²) >= 11 is 0. The molecule has 4 nitrogen and oxygen atoms in total. The zero-order chi connectivity index (χ0) is 13.7. The van der Waals surface area contributed by atoms with Crippen LogP contribution in [0.15, 0.2) is 53.6 Å². The maximum Gasteiger partial charge on any atom is 0.271 e. The molecule has 0 fully saturated rings. The summed E-state index contributed by atoms with van der Waals surface area (Å²) in [5.41, 5.74) is 3.28. The first kappa shape index (κ1) is 12.8. The fourth-order valence-electron chi connectivity index (χ4n) is 1.43. The first-order chi connectivity index (χ1) is 9.15. The molecule has 0 radical (unpaired) electrons. The Bertz CT molecular complexity index is 609. The molecule has 2 N–H and O–H groups in total. The molecule has 0 saturated heterocycles. The summed E-state index contributed by atoms with van der Waals surface area (Å²) in [6.45, 7) is 0. The lowest BCUT2D eigenvalue weighted by atomic mass is 10.2. The number of carbonyl (C=O) groups excluding carboxylic acids is 1. The molecule has 2 aromatic rings. The molecule has 0 aliphatic heterocycles. The predicted molar refractivity (Wildman–Crippen MR) is 69.6 cm³/mol. The highest BCUT2D eigenvalue weighted by molar-refractivity contribution is 5.95. The maximum absolute atomic E-state index is 12.7. The summed E-state index contributed by atoms with van der Waals surface area (Å²) in [5.74, 6) is -0.759. The van der Waals surface area contributed by atoms with E-state index in [2.05, 4.69) is 10.5 Å². The molecule has 0 bridgehead atoms. The maximum atomic E-state index is 12.7. The Morgan fingerprint density at radius 2 is 1.95 bits per heavy atom. The third-order valence-corrected chi connectivity index (χ3v) is 2.36. The second-order valence-corrected chi connectivity index (χ2v) is 3.80. The smallest absolute Gasteiger partial charge is 0.271 e. The van der Waals surface area contributed by atoms with Crippen LogP contribution in [0, 0.1) is 5.82 Å². The molecule has 0 aliphatic carbocycles. The first-order valence-electron chi connectivity index (χ1n) is 5.53. The van der Waals surface area contributed by atoms with Gasteiger partial charge in [0, 0.05) is 5.56 Å². The zero-order valence-corrected chi connectivity index (χ0v) is 9.88. The van der Waals surface area contributed by atoms with Gasteiger partial charge in [-0.25, -0.2) is 9.82 Å². The molecule has 19 heavy (non-hydrogen) atoms. The van der Waals surface area contributed by atoms with Gasteiger partial charge >= 0.3 is 0 Å². The van der Waals surface area contributed by atoms with Gasteiger partial charge in [-0.1, -0.05) is 18.2 Å². The first-order valence-corrected chi connectivity index (χ1v) is 5.53. The Morgan fingerprint density at radius 3 is 2.63 bits per heavy atom. The molecule has 1 amide bonds. The van der Waals surface area contributed by atoms with Crippen molar-refractivity contribution >= 4 is 12.1 Å². The monoisotopic (exact) mass is 258 g/mol. The van der Waals surface area contributed by atoms with E-state index in [1.807, 2.05) is 0 Å². The number of hydrazone groups is 1. The van der Waals surface area contributed by atoms with E-state index < -0.39 is 5.91 Å². The number of rotatable bonds is 3. The van der Waals surface area contributed by atoms with Gasteiger partial charge in [-0.05, 0) is 35.9 Å². The van der Waals surface area contributed by atoms with Crippen LogP contribution in [0.25, 0.3) is 0 Å². The molecule has 0 heterocycles. The summed E-state index contributed by atoms with van der Waals surface area (Å²) in [7, 11) is 0. The van der Waals surface area contributed by atoms with Crippen molar-refractivity contribution in [2.24, 2.45) is 5.10 Å². The number of aromatic hydroxyl groups is 1. The molecule has 0 unspecified atom stereocenters. The van der Waals surface area contributed by atoms with Gasteiger partial charge in [0.2, 0.25) is 0 Å². The van der Waals surface area contributed by atoms with Gasteiger partial charge in [0.25, 0.3) is 5.91 Å². The molecule has 0 aliphatic rings. The number of hydrogen-bond donors (Lipinski definition) is 2. The molecule has 96 valence electrons. The van der Waals surface area contributed by atoms with Crippen molar-refractivity contribution in [3.05, 3.63) is 65.5 Å². The van der Waals surface area contributed by atoms with Crippen molar-refractivity contribution in [1.82, 2.24) is 5.43 Å². The number of halogens is 1. The van der Waals surface area contributed by atoms with Gasteiger partial charge < -0.3 is 5.11 Å². The van der Waals surface area contributed by atoms with Crippen LogP contribution in [-0.2, 0) is 0 Å². The predicted octanol–water partition coefficient (Wildman–Crippen LogP) is 2.30. The number of nitrogens with zero attached hydrogens (tertiary/aromatic N) is 1. The van der Waals surface area contributed by atoms with Crippen LogP contribution in [0.4, 0.5) is 4.39 Å². The fourth-order valence-corrected chi connectivity index (χ4v) is 1.43. The Morgan fingerprint density at radius 1 is 1.21 bits per heavy atom. The van der Waals surface area contributed by atoms with E-state index in [1.54, 1.807) is 24.3 Å². The summed E-state index contributed by atoms with van der Waals surface area (Å²) in [6.07, 6.45) is 1.40. The number of phenolic OH excluding ortho intramolecular Hbond substituents is 1. The highest BCUT2D eigenvalue weighted by atomic mass is 19.1. The number of carbonyl (C=O) groups is 1. The van der Waals surface area contributed by atoms with Gasteiger partial charge in [0.15, 0.2) is 0 Å².